The van der Waals surface area contributed by atoms with Crippen LogP contribution < -0.4 is 5.32 Å². The summed E-state index contributed by atoms with van der Waals surface area (Å²) in [6, 6.07) is 17.6. The van der Waals surface area contributed by atoms with Crippen molar-refractivity contribution < 1.29 is 15.0 Å². The van der Waals surface area contributed by atoms with Gasteiger partial charge in [-0.2, -0.15) is 0 Å². The molecule has 0 aliphatic carbocycles. The molecule has 6 heteroatoms. The minimum atomic E-state index is -0.999. The van der Waals surface area contributed by atoms with Crippen LogP contribution in [0.25, 0.3) is 11.1 Å². The third kappa shape index (κ3) is 4.78. The van der Waals surface area contributed by atoms with Gasteiger partial charge in [0.15, 0.2) is 0 Å². The molecule has 144 valence electrons. The summed E-state index contributed by atoms with van der Waals surface area (Å²) < 4.78 is 0. The van der Waals surface area contributed by atoms with E-state index in [4.69, 9.17) is 0 Å². The van der Waals surface area contributed by atoms with Gasteiger partial charge < -0.3 is 15.5 Å². The summed E-state index contributed by atoms with van der Waals surface area (Å²) in [4.78, 5) is 17.6. The monoisotopic (exact) mass is 394 g/mol. The van der Waals surface area contributed by atoms with E-state index in [0.29, 0.717) is 11.1 Å². The predicted octanol–water partition coefficient (Wildman–Crippen LogP) is 3.29. The van der Waals surface area contributed by atoms with Crippen LogP contribution in [0.4, 0.5) is 0 Å². The zero-order valence-electron chi connectivity index (χ0n) is 15.4. The van der Waals surface area contributed by atoms with Gasteiger partial charge >= 0.3 is 0 Å². The average molecular weight is 394 g/mol. The molecule has 3 rings (SSSR count). The lowest BCUT2D eigenvalue weighted by atomic mass is 10.0. The normalized spacial score (nSPS) is 13.0. The van der Waals surface area contributed by atoms with E-state index in [0.717, 1.165) is 16.0 Å². The summed E-state index contributed by atoms with van der Waals surface area (Å²) in [6.45, 7) is -0.369. The molecule has 0 saturated carbocycles. The molecule has 2 aromatic carbocycles. The summed E-state index contributed by atoms with van der Waals surface area (Å²) in [5, 5.41) is 22.9. The Bertz CT molecular complexity index is 899. The second-order valence-electron chi connectivity index (χ2n) is 6.29. The Kier molecular flexibility index (Phi) is 6.81. The number of carbonyl (C=O) groups excluding carboxylic acids is 1. The molecule has 5 nitrogen and oxygen atoms in total. The summed E-state index contributed by atoms with van der Waals surface area (Å²) in [6.07, 6.45) is 4.41. The van der Waals surface area contributed by atoms with Crippen molar-refractivity contribution in [1.29, 1.82) is 0 Å². The van der Waals surface area contributed by atoms with Gasteiger partial charge in [-0.15, -0.1) is 11.8 Å². The number of nitrogens with one attached hydrogen (secondary N) is 1. The molecule has 3 N–H and O–H groups in total. The number of rotatable bonds is 7. The van der Waals surface area contributed by atoms with Crippen LogP contribution >= 0.6 is 11.8 Å². The minimum absolute atomic E-state index is 0.347. The van der Waals surface area contributed by atoms with Crippen LogP contribution in [-0.2, 0) is 0 Å². The number of hydrogen-bond acceptors (Lipinski definition) is 5. The van der Waals surface area contributed by atoms with Crippen LogP contribution in [0.5, 0.6) is 0 Å². The summed E-state index contributed by atoms with van der Waals surface area (Å²) in [5.74, 6) is -0.347. The number of carbonyl (C=O) groups is 1. The van der Waals surface area contributed by atoms with Crippen molar-refractivity contribution in [1.82, 2.24) is 10.3 Å². The number of amides is 1. The van der Waals surface area contributed by atoms with Crippen molar-refractivity contribution in [3.63, 3.8) is 0 Å². The standard InChI is InChI=1S/C22H22N2O3S/c1-28-19-8-6-17(7-9-19)21(26)20(14-25)24-22(27)18-4-2-15(3-5-18)16-10-12-23-13-11-16/h2-13,20-21,25-26H,14H2,1H3,(H,24,27)/t20-,21-/m0/s1. The summed E-state index contributed by atoms with van der Waals surface area (Å²) in [5.41, 5.74) is 3.09. The second-order valence-corrected chi connectivity index (χ2v) is 7.17. The highest BCUT2D eigenvalue weighted by Crippen LogP contribution is 2.22. The first kappa shape index (κ1) is 20.1. The van der Waals surface area contributed by atoms with Crippen LogP contribution in [0.3, 0.4) is 0 Å². The smallest absolute Gasteiger partial charge is 0.251 e. The van der Waals surface area contributed by atoms with Gasteiger partial charge in [-0.25, -0.2) is 0 Å². The van der Waals surface area contributed by atoms with Gasteiger partial charge in [0.1, 0.15) is 6.10 Å². The molecule has 0 bridgehead atoms. The molecular formula is C22H22N2O3S. The van der Waals surface area contributed by atoms with E-state index in [9.17, 15) is 15.0 Å². The van der Waals surface area contributed by atoms with Crippen molar-refractivity contribution in [3.8, 4) is 11.1 Å². The maximum absolute atomic E-state index is 12.6. The Morgan fingerprint density at radius 2 is 1.61 bits per heavy atom. The third-order valence-electron chi connectivity index (χ3n) is 4.51. The first-order valence-electron chi connectivity index (χ1n) is 8.86. The maximum Gasteiger partial charge on any atom is 0.251 e. The molecule has 0 aliphatic heterocycles. The second kappa shape index (κ2) is 9.50. The van der Waals surface area contributed by atoms with E-state index in [1.165, 1.54) is 0 Å². The molecule has 28 heavy (non-hydrogen) atoms. The molecule has 0 fully saturated rings. The fraction of sp³-hybridized carbons (Fsp3) is 0.182. The lowest BCUT2D eigenvalue weighted by molar-refractivity contribution is 0.0703. The molecule has 1 aromatic heterocycles. The number of nitrogens with zero attached hydrogens (tertiary/aromatic N) is 1. The molecule has 0 unspecified atom stereocenters. The van der Waals surface area contributed by atoms with Gasteiger partial charge in [-0.3, -0.25) is 9.78 Å². The molecule has 2 atom stereocenters. The van der Waals surface area contributed by atoms with E-state index in [2.05, 4.69) is 10.3 Å². The lowest BCUT2D eigenvalue weighted by Gasteiger charge is -2.23. The molecule has 0 radical (unpaired) electrons. The fourth-order valence-corrected chi connectivity index (χ4v) is 3.28. The highest BCUT2D eigenvalue weighted by atomic mass is 32.2. The van der Waals surface area contributed by atoms with Crippen molar-refractivity contribution in [2.24, 2.45) is 0 Å². The van der Waals surface area contributed by atoms with Gasteiger partial charge in [-0.1, -0.05) is 24.3 Å². The minimum Gasteiger partial charge on any atom is -0.394 e. The van der Waals surface area contributed by atoms with Gasteiger partial charge in [0.2, 0.25) is 0 Å². The van der Waals surface area contributed by atoms with E-state index in [1.54, 1.807) is 48.4 Å². The van der Waals surface area contributed by atoms with E-state index in [-0.39, 0.29) is 12.5 Å². The Morgan fingerprint density at radius 3 is 2.18 bits per heavy atom. The molecule has 0 aliphatic rings. The Hall–Kier alpha value is -2.67. The van der Waals surface area contributed by atoms with Crippen LogP contribution in [-0.4, -0.2) is 40.0 Å². The number of aromatic nitrogens is 1. The lowest BCUT2D eigenvalue weighted by Crippen LogP contribution is -2.41. The maximum atomic E-state index is 12.6. The first-order valence-corrected chi connectivity index (χ1v) is 10.1. The number of pyridine rings is 1. The molecule has 0 spiro atoms. The SMILES string of the molecule is CSc1ccc([C@H](O)[C@H](CO)NC(=O)c2ccc(-c3ccncc3)cc2)cc1. The Balaban J connectivity index is 1.69. The van der Waals surface area contributed by atoms with Crippen molar-refractivity contribution in [2.75, 3.05) is 12.9 Å². The Labute approximate surface area is 168 Å². The van der Waals surface area contributed by atoms with Crippen LogP contribution in [0.1, 0.15) is 22.0 Å². The number of aliphatic hydroxyl groups excluding tert-OH is 2. The highest BCUT2D eigenvalue weighted by molar-refractivity contribution is 7.98. The predicted molar refractivity (Wildman–Crippen MR) is 111 cm³/mol. The van der Waals surface area contributed by atoms with Crippen molar-refractivity contribution in [2.45, 2.75) is 17.0 Å². The van der Waals surface area contributed by atoms with Crippen LogP contribution in [0.2, 0.25) is 0 Å². The molecular weight excluding hydrogens is 372 g/mol. The molecule has 1 heterocycles. The zero-order chi connectivity index (χ0) is 19.9. The number of benzene rings is 2. The fourth-order valence-electron chi connectivity index (χ4n) is 2.87. The largest absolute Gasteiger partial charge is 0.394 e. The quantitative estimate of drug-likeness (QED) is 0.536. The number of aliphatic hydroxyl groups is 2. The van der Waals surface area contributed by atoms with E-state index >= 15 is 0 Å². The highest BCUT2D eigenvalue weighted by Gasteiger charge is 2.22. The third-order valence-corrected chi connectivity index (χ3v) is 5.26. The van der Waals surface area contributed by atoms with Gasteiger partial charge in [0.25, 0.3) is 5.91 Å². The molecule has 3 aromatic rings. The summed E-state index contributed by atoms with van der Waals surface area (Å²) in [7, 11) is 0. The van der Waals surface area contributed by atoms with Gasteiger partial charge in [-0.05, 0) is 59.3 Å². The van der Waals surface area contributed by atoms with Crippen molar-refractivity contribution >= 4 is 17.7 Å². The average Bonchev–Trinajstić information content (AvgIpc) is 2.77. The number of hydrogen-bond donors (Lipinski definition) is 3. The van der Waals surface area contributed by atoms with Crippen LogP contribution in [0.15, 0.2) is 78.0 Å². The van der Waals surface area contributed by atoms with Crippen molar-refractivity contribution in [3.05, 3.63) is 84.2 Å². The molecule has 1 amide bonds. The van der Waals surface area contributed by atoms with E-state index in [1.807, 2.05) is 42.7 Å². The topological polar surface area (TPSA) is 82.5 Å². The number of thioether (sulfide) groups is 1. The van der Waals surface area contributed by atoms with E-state index < -0.39 is 12.1 Å². The Morgan fingerprint density at radius 1 is 1.00 bits per heavy atom. The van der Waals surface area contributed by atoms with Crippen LogP contribution in [0, 0.1) is 0 Å². The van der Waals surface area contributed by atoms with Gasteiger partial charge in [0, 0.05) is 22.9 Å². The molecule has 0 saturated heterocycles. The first-order chi connectivity index (χ1) is 13.6. The zero-order valence-corrected chi connectivity index (χ0v) is 16.3. The summed E-state index contributed by atoms with van der Waals surface area (Å²) >= 11 is 1.61. The van der Waals surface area contributed by atoms with Gasteiger partial charge in [0.05, 0.1) is 12.6 Å².